The molecule has 0 aromatic carbocycles. The normalized spacial score (nSPS) is 14.9. The molecular formula is C9H18N4OS. The predicted molar refractivity (Wildman–Crippen MR) is 63.0 cm³/mol. The maximum atomic E-state index is 5.61. The number of nitrogens with zero attached hydrogens (tertiary/aromatic N) is 2. The summed E-state index contributed by atoms with van der Waals surface area (Å²) in [5, 5.41) is 10.8. The first-order chi connectivity index (χ1) is 7.13. The molecule has 1 rings (SSSR count). The maximum absolute atomic E-state index is 5.61. The van der Waals surface area contributed by atoms with E-state index in [1.165, 1.54) is 0 Å². The number of aromatic nitrogens is 2. The molecule has 86 valence electrons. The topological polar surface area (TPSA) is 77.0 Å². The molecule has 3 N–H and O–H groups in total. The van der Waals surface area contributed by atoms with Crippen molar-refractivity contribution in [1.82, 2.24) is 10.2 Å². The van der Waals surface area contributed by atoms with E-state index in [9.17, 15) is 0 Å². The largest absolute Gasteiger partial charge is 0.406 e. The highest BCUT2D eigenvalue weighted by atomic mass is 32.2. The van der Waals surface area contributed by atoms with E-state index in [1.54, 1.807) is 0 Å². The maximum Gasteiger partial charge on any atom is 0.315 e. The van der Waals surface area contributed by atoms with Crippen LogP contribution in [0.25, 0.3) is 0 Å². The lowest BCUT2D eigenvalue weighted by molar-refractivity contribution is 0.470. The van der Waals surface area contributed by atoms with Crippen molar-refractivity contribution in [3.63, 3.8) is 0 Å². The molecule has 1 heterocycles. The van der Waals surface area contributed by atoms with Gasteiger partial charge in [0, 0.05) is 11.8 Å². The van der Waals surface area contributed by atoms with Crippen LogP contribution in [-0.2, 0) is 0 Å². The number of hydrogen-bond acceptors (Lipinski definition) is 6. The first kappa shape index (κ1) is 12.3. The molecule has 1 aromatic heterocycles. The summed E-state index contributed by atoms with van der Waals surface area (Å²) >= 11 is 1.87. The number of hydrogen-bond donors (Lipinski definition) is 2. The quantitative estimate of drug-likeness (QED) is 0.773. The van der Waals surface area contributed by atoms with Crippen molar-refractivity contribution >= 4 is 17.8 Å². The third-order valence-electron chi connectivity index (χ3n) is 1.77. The number of rotatable bonds is 6. The second-order valence-corrected chi connectivity index (χ2v) is 4.76. The van der Waals surface area contributed by atoms with Gasteiger partial charge in [0.15, 0.2) is 0 Å². The zero-order chi connectivity index (χ0) is 11.3. The molecule has 0 aliphatic rings. The van der Waals surface area contributed by atoms with E-state index in [-0.39, 0.29) is 6.04 Å². The average molecular weight is 230 g/mol. The molecule has 0 spiro atoms. The number of thioether (sulfide) groups is 1. The van der Waals surface area contributed by atoms with Crippen LogP contribution < -0.4 is 11.1 Å². The van der Waals surface area contributed by atoms with Gasteiger partial charge in [0.1, 0.15) is 0 Å². The fourth-order valence-electron chi connectivity index (χ4n) is 1.02. The van der Waals surface area contributed by atoms with Crippen LogP contribution in [0, 0.1) is 0 Å². The van der Waals surface area contributed by atoms with Crippen LogP contribution in [0.1, 0.15) is 32.7 Å². The van der Waals surface area contributed by atoms with E-state index in [2.05, 4.69) is 29.4 Å². The highest BCUT2D eigenvalue weighted by molar-refractivity contribution is 7.99. The van der Waals surface area contributed by atoms with Crippen molar-refractivity contribution in [2.24, 2.45) is 5.73 Å². The molecule has 1 aromatic rings. The minimum absolute atomic E-state index is 0.214. The SMILES string of the molecule is CCSCC(C)Nc1nnc(C(C)N)o1. The van der Waals surface area contributed by atoms with E-state index in [0.717, 1.165) is 11.5 Å². The average Bonchev–Trinajstić information content (AvgIpc) is 2.63. The van der Waals surface area contributed by atoms with Crippen molar-refractivity contribution in [2.75, 3.05) is 16.8 Å². The third-order valence-corrected chi connectivity index (χ3v) is 2.92. The minimum atomic E-state index is -0.214. The molecule has 0 fully saturated rings. The summed E-state index contributed by atoms with van der Waals surface area (Å²) in [7, 11) is 0. The summed E-state index contributed by atoms with van der Waals surface area (Å²) in [6.45, 7) is 6.03. The van der Waals surface area contributed by atoms with Crippen molar-refractivity contribution in [3.8, 4) is 0 Å². The van der Waals surface area contributed by atoms with Gasteiger partial charge < -0.3 is 15.5 Å². The molecule has 0 radical (unpaired) electrons. The van der Waals surface area contributed by atoms with Gasteiger partial charge in [-0.05, 0) is 19.6 Å². The zero-order valence-corrected chi connectivity index (χ0v) is 10.2. The van der Waals surface area contributed by atoms with Crippen molar-refractivity contribution in [2.45, 2.75) is 32.9 Å². The van der Waals surface area contributed by atoms with Crippen molar-refractivity contribution in [3.05, 3.63) is 5.89 Å². The van der Waals surface area contributed by atoms with E-state index in [1.807, 2.05) is 18.7 Å². The van der Waals surface area contributed by atoms with Gasteiger partial charge in [-0.1, -0.05) is 12.0 Å². The van der Waals surface area contributed by atoms with Crippen LogP contribution in [-0.4, -0.2) is 27.7 Å². The van der Waals surface area contributed by atoms with Gasteiger partial charge in [0.25, 0.3) is 0 Å². The Morgan fingerprint density at radius 3 is 2.73 bits per heavy atom. The summed E-state index contributed by atoms with van der Waals surface area (Å²) in [6, 6.07) is 0.552. The molecule has 2 atom stereocenters. The summed E-state index contributed by atoms with van der Waals surface area (Å²) in [4.78, 5) is 0. The van der Waals surface area contributed by atoms with Gasteiger partial charge in [0.2, 0.25) is 5.89 Å². The fraction of sp³-hybridized carbons (Fsp3) is 0.778. The van der Waals surface area contributed by atoms with Gasteiger partial charge in [-0.25, -0.2) is 0 Å². The molecular weight excluding hydrogens is 212 g/mol. The molecule has 0 saturated heterocycles. The van der Waals surface area contributed by atoms with Crippen LogP contribution in [0.4, 0.5) is 6.01 Å². The van der Waals surface area contributed by atoms with Crippen LogP contribution in [0.2, 0.25) is 0 Å². The Morgan fingerprint density at radius 1 is 1.47 bits per heavy atom. The third kappa shape index (κ3) is 4.09. The molecule has 0 amide bonds. The van der Waals surface area contributed by atoms with E-state index in [0.29, 0.717) is 17.9 Å². The second-order valence-electron chi connectivity index (χ2n) is 3.44. The molecule has 0 saturated carbocycles. The summed E-state index contributed by atoms with van der Waals surface area (Å²) in [5.74, 6) is 2.60. The van der Waals surface area contributed by atoms with Gasteiger partial charge in [0.05, 0.1) is 6.04 Å². The zero-order valence-electron chi connectivity index (χ0n) is 9.36. The van der Waals surface area contributed by atoms with Gasteiger partial charge in [-0.15, -0.1) is 5.10 Å². The van der Waals surface area contributed by atoms with E-state index in [4.69, 9.17) is 10.2 Å². The Balaban J connectivity index is 2.42. The molecule has 2 unspecified atom stereocenters. The highest BCUT2D eigenvalue weighted by Crippen LogP contribution is 2.13. The Bertz CT molecular complexity index is 289. The smallest absolute Gasteiger partial charge is 0.315 e. The summed E-state index contributed by atoms with van der Waals surface area (Å²) < 4.78 is 5.33. The lowest BCUT2D eigenvalue weighted by atomic mass is 10.4. The Morgan fingerprint density at radius 2 is 2.20 bits per heavy atom. The van der Waals surface area contributed by atoms with Crippen molar-refractivity contribution in [1.29, 1.82) is 0 Å². The van der Waals surface area contributed by atoms with Crippen LogP contribution in [0.5, 0.6) is 0 Å². The molecule has 0 bridgehead atoms. The fourth-order valence-corrected chi connectivity index (χ4v) is 1.70. The lowest BCUT2D eigenvalue weighted by Crippen LogP contribution is -2.18. The first-order valence-corrected chi connectivity index (χ1v) is 6.22. The minimum Gasteiger partial charge on any atom is -0.406 e. The first-order valence-electron chi connectivity index (χ1n) is 5.06. The van der Waals surface area contributed by atoms with E-state index < -0.39 is 0 Å². The summed E-state index contributed by atoms with van der Waals surface area (Å²) in [6.07, 6.45) is 0. The number of nitrogens with two attached hydrogens (primary N) is 1. The van der Waals surface area contributed by atoms with Crippen LogP contribution in [0.3, 0.4) is 0 Å². The second kappa shape index (κ2) is 5.97. The lowest BCUT2D eigenvalue weighted by Gasteiger charge is -2.09. The number of nitrogens with one attached hydrogen (secondary N) is 1. The van der Waals surface area contributed by atoms with Crippen LogP contribution >= 0.6 is 11.8 Å². The van der Waals surface area contributed by atoms with Gasteiger partial charge in [-0.2, -0.15) is 11.8 Å². The Hall–Kier alpha value is -0.750. The molecule has 0 aliphatic heterocycles. The predicted octanol–water partition coefficient (Wildman–Crippen LogP) is 1.64. The molecule has 5 nitrogen and oxygen atoms in total. The Labute approximate surface area is 94.2 Å². The van der Waals surface area contributed by atoms with E-state index >= 15 is 0 Å². The molecule has 15 heavy (non-hydrogen) atoms. The summed E-state index contributed by atoms with van der Waals surface area (Å²) in [5.41, 5.74) is 5.61. The standard InChI is InChI=1S/C9H18N4OS/c1-4-15-5-6(2)11-9-13-12-8(14-9)7(3)10/h6-7H,4-5,10H2,1-3H3,(H,11,13). The Kier molecular flexibility index (Phi) is 4.90. The van der Waals surface area contributed by atoms with Gasteiger partial charge in [-0.3, -0.25) is 0 Å². The number of anilines is 1. The molecule has 6 heteroatoms. The molecule has 0 aliphatic carbocycles. The van der Waals surface area contributed by atoms with Crippen LogP contribution in [0.15, 0.2) is 4.42 Å². The monoisotopic (exact) mass is 230 g/mol. The van der Waals surface area contributed by atoms with Crippen molar-refractivity contribution < 1.29 is 4.42 Å². The highest BCUT2D eigenvalue weighted by Gasteiger charge is 2.11. The van der Waals surface area contributed by atoms with Gasteiger partial charge >= 0.3 is 6.01 Å².